The maximum absolute atomic E-state index is 13.1. The van der Waals surface area contributed by atoms with E-state index in [1.54, 1.807) is 12.1 Å². The van der Waals surface area contributed by atoms with E-state index in [0.29, 0.717) is 6.54 Å². The van der Waals surface area contributed by atoms with Crippen molar-refractivity contribution in [1.82, 2.24) is 9.78 Å². The average Bonchev–Trinajstić information content (AvgIpc) is 2.66. The van der Waals surface area contributed by atoms with Crippen LogP contribution in [0.4, 0.5) is 4.39 Å². The third kappa shape index (κ3) is 3.10. The third-order valence-electron chi connectivity index (χ3n) is 3.18. The molecule has 0 amide bonds. The van der Waals surface area contributed by atoms with Crippen molar-refractivity contribution in [1.29, 1.82) is 0 Å². The lowest BCUT2D eigenvalue weighted by Gasteiger charge is -2.22. The highest BCUT2D eigenvalue weighted by atomic mass is 79.9. The van der Waals surface area contributed by atoms with E-state index in [2.05, 4.69) is 21.0 Å². The molecule has 0 bridgehead atoms. The van der Waals surface area contributed by atoms with E-state index in [-0.39, 0.29) is 17.8 Å². The summed E-state index contributed by atoms with van der Waals surface area (Å²) in [6, 6.07) is 6.34. The molecule has 2 aromatic rings. The second kappa shape index (κ2) is 5.66. The summed E-state index contributed by atoms with van der Waals surface area (Å²) >= 11 is 3.55. The lowest BCUT2D eigenvalue weighted by molar-refractivity contribution is 0.137. The summed E-state index contributed by atoms with van der Waals surface area (Å²) in [6.07, 6.45) is 0. The molecule has 5 heteroatoms. The minimum absolute atomic E-state index is 0.0758. The molecule has 0 aliphatic heterocycles. The molecule has 0 unspecified atom stereocenters. The summed E-state index contributed by atoms with van der Waals surface area (Å²) in [7, 11) is 0. The fraction of sp³-hybridized carbons (Fsp3) is 0.400. The molecule has 0 saturated carbocycles. The first kappa shape index (κ1) is 15.2. The van der Waals surface area contributed by atoms with Gasteiger partial charge in [0.25, 0.3) is 0 Å². The van der Waals surface area contributed by atoms with E-state index in [9.17, 15) is 9.50 Å². The smallest absolute Gasteiger partial charge is 0.123 e. The predicted molar refractivity (Wildman–Crippen MR) is 80.9 cm³/mol. The summed E-state index contributed by atoms with van der Waals surface area (Å²) in [4.78, 5) is 0. The van der Waals surface area contributed by atoms with Gasteiger partial charge in [0.05, 0.1) is 15.9 Å². The SMILES string of the molecule is Cc1nn(CC(C)(C)CO)c(-c2ccc(F)cc2)c1Br. The lowest BCUT2D eigenvalue weighted by Crippen LogP contribution is -2.24. The molecule has 0 aliphatic carbocycles. The molecule has 1 heterocycles. The summed E-state index contributed by atoms with van der Waals surface area (Å²) in [5.41, 5.74) is 2.40. The van der Waals surface area contributed by atoms with Crippen molar-refractivity contribution in [2.75, 3.05) is 6.61 Å². The molecule has 0 aliphatic rings. The molecular formula is C15H18BrFN2O. The number of aromatic nitrogens is 2. The molecule has 3 nitrogen and oxygen atoms in total. The number of nitrogens with zero attached hydrogens (tertiary/aromatic N) is 2. The first-order valence-corrected chi connectivity index (χ1v) is 7.23. The van der Waals surface area contributed by atoms with Gasteiger partial charge in [-0.25, -0.2) is 4.39 Å². The van der Waals surface area contributed by atoms with E-state index < -0.39 is 0 Å². The van der Waals surface area contributed by atoms with Crippen LogP contribution in [-0.2, 0) is 6.54 Å². The Morgan fingerprint density at radius 3 is 2.45 bits per heavy atom. The molecule has 20 heavy (non-hydrogen) atoms. The summed E-state index contributed by atoms with van der Waals surface area (Å²) in [6.45, 7) is 6.54. The number of hydrogen-bond donors (Lipinski definition) is 1. The minimum atomic E-state index is -0.271. The van der Waals surface area contributed by atoms with Crippen LogP contribution in [0.2, 0.25) is 0 Å². The van der Waals surface area contributed by atoms with Crippen LogP contribution in [0.5, 0.6) is 0 Å². The Morgan fingerprint density at radius 2 is 1.90 bits per heavy atom. The zero-order valence-corrected chi connectivity index (χ0v) is 13.4. The topological polar surface area (TPSA) is 38.0 Å². The second-order valence-corrected chi connectivity index (χ2v) is 6.53. The van der Waals surface area contributed by atoms with Gasteiger partial charge in [-0.3, -0.25) is 4.68 Å². The largest absolute Gasteiger partial charge is 0.396 e. The zero-order chi connectivity index (χ0) is 14.9. The number of rotatable bonds is 4. The zero-order valence-electron chi connectivity index (χ0n) is 11.8. The first-order valence-electron chi connectivity index (χ1n) is 6.44. The Hall–Kier alpha value is -1.20. The van der Waals surface area contributed by atoms with E-state index in [1.165, 1.54) is 12.1 Å². The Morgan fingerprint density at radius 1 is 1.30 bits per heavy atom. The fourth-order valence-electron chi connectivity index (χ4n) is 2.01. The Balaban J connectivity index is 2.49. The quantitative estimate of drug-likeness (QED) is 0.919. The number of benzene rings is 1. The highest BCUT2D eigenvalue weighted by Crippen LogP contribution is 2.33. The maximum atomic E-state index is 13.1. The third-order valence-corrected chi connectivity index (χ3v) is 4.13. The molecule has 0 fully saturated rings. The standard InChI is InChI=1S/C15H18BrFN2O/c1-10-13(16)14(11-4-6-12(17)7-5-11)19(18-10)8-15(2,3)9-20/h4-7,20H,8-9H2,1-3H3. The number of aliphatic hydroxyl groups excluding tert-OH is 1. The van der Waals surface area contributed by atoms with Crippen molar-refractivity contribution in [3.63, 3.8) is 0 Å². The Kier molecular flexibility index (Phi) is 4.30. The monoisotopic (exact) mass is 340 g/mol. The summed E-state index contributed by atoms with van der Waals surface area (Å²) < 4.78 is 15.8. The van der Waals surface area contributed by atoms with E-state index >= 15 is 0 Å². The van der Waals surface area contributed by atoms with E-state index in [1.807, 2.05) is 25.5 Å². The van der Waals surface area contributed by atoms with Crippen LogP contribution >= 0.6 is 15.9 Å². The van der Waals surface area contributed by atoms with Gasteiger partial charge < -0.3 is 5.11 Å². The van der Waals surface area contributed by atoms with Gasteiger partial charge in [-0.2, -0.15) is 5.10 Å². The summed E-state index contributed by atoms with van der Waals surface area (Å²) in [5.74, 6) is -0.261. The second-order valence-electron chi connectivity index (χ2n) is 5.73. The van der Waals surface area contributed by atoms with Crippen LogP contribution in [-0.4, -0.2) is 21.5 Å². The summed E-state index contributed by atoms with van der Waals surface area (Å²) in [5, 5.41) is 13.9. The minimum Gasteiger partial charge on any atom is -0.396 e. The molecule has 0 spiro atoms. The van der Waals surface area contributed by atoms with Crippen molar-refractivity contribution >= 4 is 15.9 Å². The normalized spacial score (nSPS) is 11.9. The van der Waals surface area contributed by atoms with Gasteiger partial charge in [0.1, 0.15) is 5.82 Å². The maximum Gasteiger partial charge on any atom is 0.123 e. The van der Waals surface area contributed by atoms with Crippen molar-refractivity contribution in [3.8, 4) is 11.3 Å². The number of aryl methyl sites for hydroxylation is 1. The van der Waals surface area contributed by atoms with Crippen LogP contribution < -0.4 is 0 Å². The Bertz CT molecular complexity index is 605. The van der Waals surface area contributed by atoms with Gasteiger partial charge in [0.2, 0.25) is 0 Å². The van der Waals surface area contributed by atoms with Crippen LogP contribution in [0.3, 0.4) is 0 Å². The van der Waals surface area contributed by atoms with Gasteiger partial charge in [0, 0.05) is 24.1 Å². The molecule has 0 saturated heterocycles. The van der Waals surface area contributed by atoms with Gasteiger partial charge in [0.15, 0.2) is 0 Å². The van der Waals surface area contributed by atoms with Crippen LogP contribution in [0.25, 0.3) is 11.3 Å². The van der Waals surface area contributed by atoms with Crippen molar-refractivity contribution < 1.29 is 9.50 Å². The molecule has 1 N–H and O–H groups in total. The molecule has 0 atom stereocenters. The fourth-order valence-corrected chi connectivity index (χ4v) is 2.53. The molecular weight excluding hydrogens is 323 g/mol. The Labute approximate surface area is 126 Å². The molecule has 108 valence electrons. The van der Waals surface area contributed by atoms with Gasteiger partial charge in [-0.05, 0) is 47.1 Å². The van der Waals surface area contributed by atoms with Crippen LogP contribution in [0.15, 0.2) is 28.7 Å². The molecule has 2 rings (SSSR count). The number of aliphatic hydroxyl groups is 1. The van der Waals surface area contributed by atoms with Gasteiger partial charge in [-0.15, -0.1) is 0 Å². The van der Waals surface area contributed by atoms with Crippen molar-refractivity contribution in [3.05, 3.63) is 40.2 Å². The van der Waals surface area contributed by atoms with E-state index in [0.717, 1.165) is 21.4 Å². The average molecular weight is 341 g/mol. The van der Waals surface area contributed by atoms with Crippen molar-refractivity contribution in [2.45, 2.75) is 27.3 Å². The number of halogens is 2. The van der Waals surface area contributed by atoms with Gasteiger partial charge >= 0.3 is 0 Å². The van der Waals surface area contributed by atoms with Crippen molar-refractivity contribution in [2.24, 2.45) is 5.41 Å². The van der Waals surface area contributed by atoms with Crippen LogP contribution in [0, 0.1) is 18.2 Å². The van der Waals surface area contributed by atoms with Gasteiger partial charge in [-0.1, -0.05) is 13.8 Å². The molecule has 1 aromatic heterocycles. The van der Waals surface area contributed by atoms with Crippen LogP contribution in [0.1, 0.15) is 19.5 Å². The lowest BCUT2D eigenvalue weighted by atomic mass is 9.95. The highest BCUT2D eigenvalue weighted by Gasteiger charge is 2.22. The van der Waals surface area contributed by atoms with E-state index in [4.69, 9.17) is 0 Å². The highest BCUT2D eigenvalue weighted by molar-refractivity contribution is 9.10. The number of hydrogen-bond acceptors (Lipinski definition) is 2. The first-order chi connectivity index (χ1) is 9.34. The molecule has 1 aromatic carbocycles. The molecule has 0 radical (unpaired) electrons. The predicted octanol–water partition coefficient (Wildman–Crippen LogP) is 3.78.